The van der Waals surface area contributed by atoms with E-state index in [9.17, 15) is 0 Å². The van der Waals surface area contributed by atoms with Gasteiger partial charge in [0.2, 0.25) is 0 Å². The third kappa shape index (κ3) is 11.6. The van der Waals surface area contributed by atoms with Gasteiger partial charge in [0, 0.05) is 0 Å². The summed E-state index contributed by atoms with van der Waals surface area (Å²) in [4.78, 5) is 0. The first-order valence-corrected chi connectivity index (χ1v) is 28.7. The Morgan fingerprint density at radius 1 is 0.196 bits per heavy atom. The predicted molar refractivity (Wildman–Crippen MR) is 226 cm³/mol. The van der Waals surface area contributed by atoms with Crippen molar-refractivity contribution in [3.63, 3.8) is 0 Å². The summed E-state index contributed by atoms with van der Waals surface area (Å²) in [6.07, 6.45) is 0. The van der Waals surface area contributed by atoms with Gasteiger partial charge in [0.05, 0.1) is 0 Å². The molecule has 0 amide bonds. The van der Waals surface area contributed by atoms with Crippen molar-refractivity contribution in [1.29, 1.82) is 0 Å². The Balaban J connectivity index is 0.000000134. The van der Waals surface area contributed by atoms with Crippen molar-refractivity contribution in [3.8, 4) is 0 Å². The summed E-state index contributed by atoms with van der Waals surface area (Å²) in [5.74, 6) is 0. The van der Waals surface area contributed by atoms with Gasteiger partial charge in [0.15, 0.2) is 0 Å². The van der Waals surface area contributed by atoms with Crippen molar-refractivity contribution in [2.75, 3.05) is 0 Å². The minimum absolute atomic E-state index is 0.517. The molecule has 0 N–H and O–H groups in total. The van der Waals surface area contributed by atoms with Crippen molar-refractivity contribution in [1.82, 2.24) is 0 Å². The van der Waals surface area contributed by atoms with E-state index in [2.05, 4.69) is 243 Å². The summed E-state index contributed by atoms with van der Waals surface area (Å²) < 4.78 is 12.3. The molecule has 8 aromatic rings. The second-order valence-corrected chi connectivity index (χ2v) is 30.0. The molecule has 8 aromatic carbocycles. The SMILES string of the molecule is c1cc[c]([Sn]([c]2ccccc2)[c]2ccccc2)cc1.c1cc[c]([Sn]([c]2ccccc2)[c]2ccccc2)cc1.c1cc[c]([Sn][c]2ccccc2)cc1. The van der Waals surface area contributed by atoms with Gasteiger partial charge in [-0.2, -0.15) is 0 Å². The van der Waals surface area contributed by atoms with Gasteiger partial charge >= 0.3 is 332 Å². The van der Waals surface area contributed by atoms with Crippen LogP contribution in [-0.2, 0) is 0 Å². The molecule has 4 radical (unpaired) electrons. The second kappa shape index (κ2) is 20.9. The number of rotatable bonds is 8. The van der Waals surface area contributed by atoms with E-state index in [4.69, 9.17) is 0 Å². The topological polar surface area (TPSA) is 0 Å². The minimum atomic E-state index is -1.98. The molecule has 51 heavy (non-hydrogen) atoms. The van der Waals surface area contributed by atoms with Crippen LogP contribution < -0.4 is 28.6 Å². The van der Waals surface area contributed by atoms with Gasteiger partial charge in [-0.1, -0.05) is 0 Å². The predicted octanol–water partition coefficient (Wildman–Crippen LogP) is 5.75. The molecule has 0 unspecified atom stereocenters. The van der Waals surface area contributed by atoms with Crippen LogP contribution in [0.5, 0.6) is 0 Å². The molecular weight excluding hydrogens is 933 g/mol. The average molecular weight is 973 g/mol. The molecule has 0 saturated carbocycles. The molecule has 8 rings (SSSR count). The van der Waals surface area contributed by atoms with Gasteiger partial charge in [-0.15, -0.1) is 0 Å². The molecule has 0 bridgehead atoms. The van der Waals surface area contributed by atoms with Crippen molar-refractivity contribution in [2.24, 2.45) is 0 Å². The fourth-order valence-corrected chi connectivity index (χ4v) is 23.6. The van der Waals surface area contributed by atoms with Crippen LogP contribution in [-0.4, -0.2) is 60.7 Å². The van der Waals surface area contributed by atoms with E-state index >= 15 is 0 Å². The quantitative estimate of drug-likeness (QED) is 0.171. The van der Waals surface area contributed by atoms with Crippen LogP contribution in [0, 0.1) is 0 Å². The molecule has 0 fully saturated rings. The van der Waals surface area contributed by atoms with E-state index in [1.165, 1.54) is 28.6 Å². The zero-order valence-corrected chi connectivity index (χ0v) is 37.2. The van der Waals surface area contributed by atoms with Crippen LogP contribution in [0.25, 0.3) is 0 Å². The van der Waals surface area contributed by atoms with Crippen molar-refractivity contribution < 1.29 is 0 Å². The Kier molecular flexibility index (Phi) is 15.1. The molecule has 0 atom stereocenters. The molecule has 0 aromatic heterocycles. The Bertz CT molecular complexity index is 1730. The Morgan fingerprint density at radius 3 is 0.529 bits per heavy atom. The van der Waals surface area contributed by atoms with E-state index in [-0.39, 0.29) is 0 Å². The zero-order chi connectivity index (χ0) is 34.8. The first kappa shape index (κ1) is 36.9. The molecule has 0 aliphatic heterocycles. The standard InChI is InChI=1S/8C6H5.3Sn/c8*1-2-4-6-5-3-1;;;/h8*1-5H;;;. The first-order valence-electron chi connectivity index (χ1n) is 17.3. The fourth-order valence-electron chi connectivity index (χ4n) is 5.84. The summed E-state index contributed by atoms with van der Waals surface area (Å²) in [7, 11) is 0. The molecular formula is C48H40Sn3. The average Bonchev–Trinajstić information content (AvgIpc) is 3.22. The third-order valence-corrected chi connectivity index (χ3v) is 27.4. The molecule has 244 valence electrons. The molecule has 0 aliphatic rings. The normalized spacial score (nSPS) is 10.4. The Hall–Kier alpha value is -3.84. The van der Waals surface area contributed by atoms with Crippen LogP contribution >= 0.6 is 0 Å². The fraction of sp³-hybridized carbons (Fsp3) is 0. The molecule has 0 aliphatic carbocycles. The van der Waals surface area contributed by atoms with Crippen molar-refractivity contribution in [3.05, 3.63) is 243 Å². The zero-order valence-electron chi connectivity index (χ0n) is 28.6. The van der Waals surface area contributed by atoms with Crippen molar-refractivity contribution in [2.45, 2.75) is 0 Å². The summed E-state index contributed by atoms with van der Waals surface area (Å²) in [6, 6.07) is 87.5. The first-order chi connectivity index (χ1) is 25.3. The molecule has 0 heterocycles. The monoisotopic (exact) mass is 976 g/mol. The molecule has 0 saturated heterocycles. The summed E-state index contributed by atoms with van der Waals surface area (Å²) in [6.45, 7) is 0. The van der Waals surface area contributed by atoms with Gasteiger partial charge in [-0.05, 0) is 0 Å². The van der Waals surface area contributed by atoms with E-state index in [1.54, 1.807) is 0 Å². The molecule has 0 spiro atoms. The van der Waals surface area contributed by atoms with E-state index in [1.807, 2.05) is 0 Å². The second-order valence-electron chi connectivity index (χ2n) is 11.8. The van der Waals surface area contributed by atoms with E-state index in [0.717, 1.165) is 0 Å². The Labute approximate surface area is 328 Å². The number of benzene rings is 8. The van der Waals surface area contributed by atoms with Crippen LogP contribution in [0.3, 0.4) is 0 Å². The van der Waals surface area contributed by atoms with Gasteiger partial charge in [-0.3, -0.25) is 0 Å². The number of hydrogen-bond acceptors (Lipinski definition) is 0. The molecule has 0 nitrogen and oxygen atoms in total. The maximum absolute atomic E-state index is 2.29. The van der Waals surface area contributed by atoms with Crippen molar-refractivity contribution >= 4 is 89.3 Å². The van der Waals surface area contributed by atoms with E-state index in [0.29, 0.717) is 0 Å². The summed E-state index contributed by atoms with van der Waals surface area (Å²) in [5.41, 5.74) is 0. The Morgan fingerprint density at radius 2 is 0.353 bits per heavy atom. The van der Waals surface area contributed by atoms with Gasteiger partial charge in [0.1, 0.15) is 0 Å². The maximum atomic E-state index is 2.29. The van der Waals surface area contributed by atoms with Crippen LogP contribution in [0.1, 0.15) is 0 Å². The summed E-state index contributed by atoms with van der Waals surface area (Å²) in [5, 5.41) is 0. The number of hydrogen-bond donors (Lipinski definition) is 0. The molecule has 3 heteroatoms. The van der Waals surface area contributed by atoms with Gasteiger partial charge in [-0.25, -0.2) is 0 Å². The van der Waals surface area contributed by atoms with Crippen LogP contribution in [0.15, 0.2) is 243 Å². The van der Waals surface area contributed by atoms with Crippen LogP contribution in [0.4, 0.5) is 0 Å². The van der Waals surface area contributed by atoms with E-state index < -0.39 is 60.7 Å². The van der Waals surface area contributed by atoms with Gasteiger partial charge < -0.3 is 0 Å². The summed E-state index contributed by atoms with van der Waals surface area (Å²) >= 11 is -4.48. The third-order valence-electron chi connectivity index (χ3n) is 8.21. The van der Waals surface area contributed by atoms with Crippen LogP contribution in [0.2, 0.25) is 0 Å². The van der Waals surface area contributed by atoms with Gasteiger partial charge in [0.25, 0.3) is 0 Å².